The quantitative estimate of drug-likeness (QED) is 0.745. The Labute approximate surface area is 104 Å². The summed E-state index contributed by atoms with van der Waals surface area (Å²) in [5.74, 6) is -0.107. The maximum absolute atomic E-state index is 10.5. The Morgan fingerprint density at radius 2 is 2.29 bits per heavy atom. The van der Waals surface area contributed by atoms with E-state index in [4.69, 9.17) is 9.84 Å². The van der Waals surface area contributed by atoms with Crippen molar-refractivity contribution in [2.45, 2.75) is 32.0 Å². The van der Waals surface area contributed by atoms with Gasteiger partial charge in [0.05, 0.1) is 18.4 Å². The van der Waals surface area contributed by atoms with E-state index in [1.165, 1.54) is 11.8 Å². The molecule has 0 fully saturated rings. The summed E-state index contributed by atoms with van der Waals surface area (Å²) in [7, 11) is 0. The first-order valence-electron chi connectivity index (χ1n) is 5.40. The van der Waals surface area contributed by atoms with Gasteiger partial charge in [-0.25, -0.2) is 0 Å². The van der Waals surface area contributed by atoms with Crippen LogP contribution in [0.1, 0.15) is 25.7 Å². The van der Waals surface area contributed by atoms with Crippen LogP contribution in [0.2, 0.25) is 0 Å². The van der Waals surface area contributed by atoms with Crippen molar-refractivity contribution < 1.29 is 14.6 Å². The molecule has 1 aromatic heterocycles. The predicted molar refractivity (Wildman–Crippen MR) is 64.3 cm³/mol. The molecule has 0 saturated carbocycles. The number of rotatable bonds is 7. The van der Waals surface area contributed by atoms with Gasteiger partial charge in [-0.15, -0.1) is 10.2 Å². The molecule has 1 aromatic rings. The molecule has 0 spiro atoms. The number of aromatic nitrogens is 3. The maximum Gasteiger partial charge on any atom is 0.313 e. The molecular formula is C10H17N3O3S. The van der Waals surface area contributed by atoms with E-state index in [0.717, 1.165) is 5.82 Å². The second-order valence-electron chi connectivity index (χ2n) is 3.59. The largest absolute Gasteiger partial charge is 0.481 e. The first kappa shape index (κ1) is 14.0. The van der Waals surface area contributed by atoms with Crippen molar-refractivity contribution in [3.8, 4) is 0 Å². The summed E-state index contributed by atoms with van der Waals surface area (Å²) in [6.45, 7) is 7.00. The molecule has 7 heteroatoms. The molecule has 0 radical (unpaired) electrons. The van der Waals surface area contributed by atoms with Gasteiger partial charge in [0.1, 0.15) is 5.82 Å². The Bertz CT molecular complexity index is 381. The molecule has 1 unspecified atom stereocenters. The van der Waals surface area contributed by atoms with Crippen molar-refractivity contribution in [2.75, 3.05) is 19.0 Å². The molecule has 0 aliphatic heterocycles. The van der Waals surface area contributed by atoms with E-state index < -0.39 is 5.97 Å². The highest BCUT2D eigenvalue weighted by molar-refractivity contribution is 7.99. The van der Waals surface area contributed by atoms with Gasteiger partial charge in [-0.05, 0) is 20.8 Å². The summed E-state index contributed by atoms with van der Waals surface area (Å²) < 4.78 is 7.26. The van der Waals surface area contributed by atoms with Gasteiger partial charge in [0.2, 0.25) is 0 Å². The van der Waals surface area contributed by atoms with Crippen LogP contribution < -0.4 is 0 Å². The topological polar surface area (TPSA) is 77.2 Å². The molecule has 1 atom stereocenters. The summed E-state index contributed by atoms with van der Waals surface area (Å²) in [5, 5.41) is 17.2. The first-order valence-corrected chi connectivity index (χ1v) is 6.38. The Balaban J connectivity index is 2.74. The average molecular weight is 259 g/mol. The van der Waals surface area contributed by atoms with Crippen LogP contribution in [0.15, 0.2) is 5.16 Å². The molecule has 1 N–H and O–H groups in total. The molecule has 1 heterocycles. The van der Waals surface area contributed by atoms with E-state index in [-0.39, 0.29) is 11.8 Å². The van der Waals surface area contributed by atoms with E-state index in [0.29, 0.717) is 18.4 Å². The van der Waals surface area contributed by atoms with Crippen LogP contribution in [0, 0.1) is 6.92 Å². The molecule has 96 valence electrons. The van der Waals surface area contributed by atoms with Crippen molar-refractivity contribution in [1.82, 2.24) is 14.8 Å². The van der Waals surface area contributed by atoms with E-state index in [1.54, 1.807) is 0 Å². The van der Waals surface area contributed by atoms with Crippen molar-refractivity contribution in [2.24, 2.45) is 0 Å². The van der Waals surface area contributed by atoms with E-state index in [1.807, 2.05) is 25.3 Å². The lowest BCUT2D eigenvalue weighted by atomic mass is 10.3. The van der Waals surface area contributed by atoms with Crippen molar-refractivity contribution in [3.05, 3.63) is 5.82 Å². The fourth-order valence-electron chi connectivity index (χ4n) is 1.45. The zero-order chi connectivity index (χ0) is 12.8. The fraction of sp³-hybridized carbons (Fsp3) is 0.700. The van der Waals surface area contributed by atoms with Gasteiger partial charge in [-0.3, -0.25) is 4.79 Å². The molecule has 0 amide bonds. The highest BCUT2D eigenvalue weighted by Gasteiger charge is 2.16. The molecule has 17 heavy (non-hydrogen) atoms. The normalized spacial score (nSPS) is 12.6. The van der Waals surface area contributed by atoms with Crippen molar-refractivity contribution in [3.63, 3.8) is 0 Å². The van der Waals surface area contributed by atoms with Crippen LogP contribution in [0.3, 0.4) is 0 Å². The Kier molecular flexibility index (Phi) is 5.43. The molecule has 0 aliphatic rings. The van der Waals surface area contributed by atoms with E-state index in [2.05, 4.69) is 10.2 Å². The summed E-state index contributed by atoms with van der Waals surface area (Å²) in [5.41, 5.74) is 0. The number of aliphatic carboxylic acids is 1. The number of thioether (sulfide) groups is 1. The number of hydrogen-bond acceptors (Lipinski definition) is 5. The average Bonchev–Trinajstić information content (AvgIpc) is 2.64. The molecule has 0 bridgehead atoms. The SMILES string of the molecule is CCOCC(C)n1c(C)nnc1SCC(=O)O. The lowest BCUT2D eigenvalue weighted by Crippen LogP contribution is -2.15. The van der Waals surface area contributed by atoms with Gasteiger partial charge >= 0.3 is 5.97 Å². The summed E-state index contributed by atoms with van der Waals surface area (Å²) in [4.78, 5) is 10.5. The Morgan fingerprint density at radius 1 is 1.59 bits per heavy atom. The smallest absolute Gasteiger partial charge is 0.313 e. The van der Waals surface area contributed by atoms with E-state index in [9.17, 15) is 4.79 Å². The second kappa shape index (κ2) is 6.61. The van der Waals surface area contributed by atoms with Gasteiger partial charge in [-0.2, -0.15) is 0 Å². The minimum atomic E-state index is -0.861. The van der Waals surface area contributed by atoms with E-state index >= 15 is 0 Å². The molecule has 0 aromatic carbocycles. The highest BCUT2D eigenvalue weighted by atomic mass is 32.2. The molecule has 0 saturated heterocycles. The van der Waals surface area contributed by atoms with Crippen LogP contribution in [-0.4, -0.2) is 44.8 Å². The minimum Gasteiger partial charge on any atom is -0.481 e. The molecular weight excluding hydrogens is 242 g/mol. The summed E-state index contributed by atoms with van der Waals surface area (Å²) >= 11 is 1.17. The Hall–Kier alpha value is -1.08. The second-order valence-corrected chi connectivity index (χ2v) is 4.53. The number of hydrogen-bond donors (Lipinski definition) is 1. The first-order chi connectivity index (χ1) is 8.06. The van der Waals surface area contributed by atoms with Gasteiger partial charge in [-0.1, -0.05) is 11.8 Å². The van der Waals surface area contributed by atoms with Crippen LogP contribution in [0.25, 0.3) is 0 Å². The van der Waals surface area contributed by atoms with Crippen LogP contribution >= 0.6 is 11.8 Å². The summed E-state index contributed by atoms with van der Waals surface area (Å²) in [6.07, 6.45) is 0. The number of aryl methyl sites for hydroxylation is 1. The van der Waals surface area contributed by atoms with Gasteiger partial charge in [0, 0.05) is 6.61 Å². The monoisotopic (exact) mass is 259 g/mol. The predicted octanol–water partition coefficient (Wildman–Crippen LogP) is 1.36. The molecule has 6 nitrogen and oxygen atoms in total. The van der Waals surface area contributed by atoms with Crippen LogP contribution in [0.4, 0.5) is 0 Å². The number of carboxylic acid groups (broad SMARTS) is 1. The standard InChI is InChI=1S/C10H17N3O3S/c1-4-16-5-7(2)13-8(3)11-12-10(13)17-6-9(14)15/h7H,4-6H2,1-3H3,(H,14,15). The lowest BCUT2D eigenvalue weighted by Gasteiger charge is -2.16. The van der Waals surface area contributed by atoms with Crippen LogP contribution in [0.5, 0.6) is 0 Å². The third-order valence-corrected chi connectivity index (χ3v) is 3.09. The van der Waals surface area contributed by atoms with Gasteiger partial charge in [0.25, 0.3) is 0 Å². The molecule has 0 aliphatic carbocycles. The highest BCUT2D eigenvalue weighted by Crippen LogP contribution is 2.21. The zero-order valence-corrected chi connectivity index (χ0v) is 11.0. The third-order valence-electron chi connectivity index (χ3n) is 2.16. The van der Waals surface area contributed by atoms with Crippen LogP contribution in [-0.2, 0) is 9.53 Å². The third kappa shape index (κ3) is 4.01. The molecule has 1 rings (SSSR count). The maximum atomic E-state index is 10.5. The number of carboxylic acids is 1. The van der Waals surface area contributed by atoms with Crippen molar-refractivity contribution in [1.29, 1.82) is 0 Å². The van der Waals surface area contributed by atoms with Gasteiger partial charge < -0.3 is 14.4 Å². The number of carbonyl (C=O) groups is 1. The van der Waals surface area contributed by atoms with Gasteiger partial charge in [0.15, 0.2) is 5.16 Å². The number of ether oxygens (including phenoxy) is 1. The fourth-order valence-corrected chi connectivity index (χ4v) is 2.25. The minimum absolute atomic E-state index is 0.0144. The van der Waals surface area contributed by atoms with Crippen molar-refractivity contribution >= 4 is 17.7 Å². The number of nitrogens with zero attached hydrogens (tertiary/aromatic N) is 3. The lowest BCUT2D eigenvalue weighted by molar-refractivity contribution is -0.133. The Morgan fingerprint density at radius 3 is 2.88 bits per heavy atom. The zero-order valence-electron chi connectivity index (χ0n) is 10.2. The summed E-state index contributed by atoms with van der Waals surface area (Å²) in [6, 6.07) is 0.0984.